The molecule has 0 saturated carbocycles. The molecule has 144 valence electrons. The Morgan fingerprint density at radius 2 is 1.79 bits per heavy atom. The summed E-state index contributed by atoms with van der Waals surface area (Å²) in [7, 11) is 0. The van der Waals surface area contributed by atoms with E-state index in [0.717, 1.165) is 65.0 Å². The van der Waals surface area contributed by atoms with Crippen molar-refractivity contribution in [1.29, 1.82) is 0 Å². The zero-order valence-electron chi connectivity index (χ0n) is 16.8. The van der Waals surface area contributed by atoms with Crippen LogP contribution in [0.25, 0.3) is 22.2 Å². The van der Waals surface area contributed by atoms with Crippen LogP contribution < -0.4 is 0 Å². The summed E-state index contributed by atoms with van der Waals surface area (Å²) >= 11 is 0. The summed E-state index contributed by atoms with van der Waals surface area (Å²) in [6, 6.07) is 7.93. The third-order valence-corrected chi connectivity index (χ3v) is 5.40. The van der Waals surface area contributed by atoms with Crippen molar-refractivity contribution >= 4 is 16.8 Å². The van der Waals surface area contributed by atoms with E-state index in [2.05, 4.69) is 23.8 Å². The van der Waals surface area contributed by atoms with Crippen molar-refractivity contribution in [1.82, 2.24) is 19.9 Å². The van der Waals surface area contributed by atoms with E-state index in [-0.39, 0.29) is 11.8 Å². The fourth-order valence-corrected chi connectivity index (χ4v) is 3.75. The van der Waals surface area contributed by atoms with Crippen molar-refractivity contribution < 1.29 is 4.79 Å². The van der Waals surface area contributed by atoms with Crippen molar-refractivity contribution in [2.75, 3.05) is 13.1 Å². The van der Waals surface area contributed by atoms with Gasteiger partial charge in [-0.25, -0.2) is 15.0 Å². The normalized spacial score (nSPS) is 14.6. The number of aromatic nitrogens is 3. The van der Waals surface area contributed by atoms with Gasteiger partial charge in [0.05, 0.1) is 16.8 Å². The summed E-state index contributed by atoms with van der Waals surface area (Å²) < 4.78 is 0. The molecule has 1 aliphatic rings. The Morgan fingerprint density at radius 3 is 2.46 bits per heavy atom. The number of benzene rings is 1. The van der Waals surface area contributed by atoms with Crippen molar-refractivity contribution in [3.63, 3.8) is 0 Å². The first-order valence-corrected chi connectivity index (χ1v) is 10.1. The molecular formula is C23H26N4O. The van der Waals surface area contributed by atoms with Crippen LogP contribution in [0.2, 0.25) is 0 Å². The second kappa shape index (κ2) is 7.66. The summed E-state index contributed by atoms with van der Waals surface area (Å²) in [6.07, 6.45) is 6.97. The lowest BCUT2D eigenvalue weighted by molar-refractivity contribution is 0.0726. The second-order valence-corrected chi connectivity index (χ2v) is 7.86. The highest BCUT2D eigenvalue weighted by molar-refractivity contribution is 6.07. The summed E-state index contributed by atoms with van der Waals surface area (Å²) in [5.74, 6) is 1.18. The molecule has 28 heavy (non-hydrogen) atoms. The Balaban J connectivity index is 1.84. The maximum Gasteiger partial charge on any atom is 0.254 e. The minimum absolute atomic E-state index is 0.0960. The molecule has 3 heterocycles. The van der Waals surface area contributed by atoms with Gasteiger partial charge in [0.2, 0.25) is 0 Å². The molecule has 1 fully saturated rings. The first-order chi connectivity index (χ1) is 13.5. The Hall–Kier alpha value is -2.82. The monoisotopic (exact) mass is 374 g/mol. The van der Waals surface area contributed by atoms with Crippen molar-refractivity contribution in [2.45, 2.75) is 46.0 Å². The maximum absolute atomic E-state index is 13.3. The number of fused-ring (bicyclic) bond motifs is 1. The number of carbonyl (C=O) groups is 1. The molecule has 1 saturated heterocycles. The van der Waals surface area contributed by atoms with E-state index in [1.54, 1.807) is 0 Å². The van der Waals surface area contributed by atoms with Gasteiger partial charge in [0, 0.05) is 42.4 Å². The molecule has 0 aliphatic carbocycles. The van der Waals surface area contributed by atoms with Gasteiger partial charge in [-0.2, -0.15) is 0 Å². The van der Waals surface area contributed by atoms with E-state index in [1.807, 2.05) is 48.5 Å². The molecule has 1 amide bonds. The molecule has 0 bridgehead atoms. The van der Waals surface area contributed by atoms with Gasteiger partial charge in [-0.15, -0.1) is 0 Å². The zero-order valence-corrected chi connectivity index (χ0v) is 16.8. The van der Waals surface area contributed by atoms with Crippen LogP contribution in [0.1, 0.15) is 60.8 Å². The Morgan fingerprint density at radius 1 is 1.07 bits per heavy atom. The number of nitrogens with zero attached hydrogens (tertiary/aromatic N) is 4. The predicted octanol–water partition coefficient (Wildman–Crippen LogP) is 4.75. The van der Waals surface area contributed by atoms with E-state index in [1.165, 1.54) is 6.42 Å². The maximum atomic E-state index is 13.3. The lowest BCUT2D eigenvalue weighted by Crippen LogP contribution is -2.35. The molecule has 5 nitrogen and oxygen atoms in total. The standard InChI is InChI=1S/C23H26N4O/c1-15(2)22-24-13-17(14-25-22)20-12-19(23(28)27-10-5-4-6-11-27)18-9-7-8-16(3)21(18)26-20/h7-9,12-15H,4-6,10-11H2,1-3H3. The largest absolute Gasteiger partial charge is 0.339 e. The topological polar surface area (TPSA) is 59.0 Å². The molecule has 0 unspecified atom stereocenters. The van der Waals surface area contributed by atoms with Gasteiger partial charge >= 0.3 is 0 Å². The number of para-hydroxylation sites is 1. The molecule has 0 atom stereocenters. The van der Waals surface area contributed by atoms with E-state index < -0.39 is 0 Å². The quantitative estimate of drug-likeness (QED) is 0.664. The zero-order chi connectivity index (χ0) is 19.7. The van der Waals surface area contributed by atoms with Crippen molar-refractivity contribution in [3.05, 3.63) is 53.6 Å². The third-order valence-electron chi connectivity index (χ3n) is 5.40. The molecule has 0 N–H and O–H groups in total. The number of rotatable bonds is 3. The smallest absolute Gasteiger partial charge is 0.254 e. The van der Waals surface area contributed by atoms with E-state index >= 15 is 0 Å². The van der Waals surface area contributed by atoms with Gasteiger partial charge in [-0.05, 0) is 37.8 Å². The summed E-state index contributed by atoms with van der Waals surface area (Å²) in [5.41, 5.74) is 4.23. The fourth-order valence-electron chi connectivity index (χ4n) is 3.75. The van der Waals surface area contributed by atoms with Gasteiger partial charge in [0.15, 0.2) is 0 Å². The molecular weight excluding hydrogens is 348 g/mol. The minimum atomic E-state index is 0.0960. The Kier molecular flexibility index (Phi) is 5.07. The van der Waals surface area contributed by atoms with Crippen LogP contribution in [0, 0.1) is 6.92 Å². The van der Waals surface area contributed by atoms with Gasteiger partial charge < -0.3 is 4.90 Å². The van der Waals surface area contributed by atoms with Gasteiger partial charge in [0.1, 0.15) is 5.82 Å². The molecule has 0 spiro atoms. The highest BCUT2D eigenvalue weighted by Crippen LogP contribution is 2.28. The van der Waals surface area contributed by atoms with Crippen LogP contribution in [0.5, 0.6) is 0 Å². The third kappa shape index (κ3) is 3.49. The molecule has 1 aromatic carbocycles. The molecule has 4 rings (SSSR count). The number of hydrogen-bond donors (Lipinski definition) is 0. The highest BCUT2D eigenvalue weighted by atomic mass is 16.2. The molecule has 2 aromatic heterocycles. The molecule has 3 aromatic rings. The number of aryl methyl sites for hydroxylation is 1. The van der Waals surface area contributed by atoms with Crippen molar-refractivity contribution in [3.8, 4) is 11.3 Å². The predicted molar refractivity (Wildman–Crippen MR) is 111 cm³/mol. The lowest BCUT2D eigenvalue weighted by Gasteiger charge is -2.27. The first-order valence-electron chi connectivity index (χ1n) is 10.1. The molecule has 1 aliphatic heterocycles. The summed E-state index contributed by atoms with van der Waals surface area (Å²) in [4.78, 5) is 29.1. The van der Waals surface area contributed by atoms with E-state index in [9.17, 15) is 4.79 Å². The van der Waals surface area contributed by atoms with Crippen LogP contribution >= 0.6 is 0 Å². The van der Waals surface area contributed by atoms with Gasteiger partial charge in [-0.3, -0.25) is 4.79 Å². The first kappa shape index (κ1) is 18.5. The minimum Gasteiger partial charge on any atom is -0.339 e. The van der Waals surface area contributed by atoms with Crippen LogP contribution in [-0.2, 0) is 0 Å². The number of likely N-dealkylation sites (tertiary alicyclic amines) is 1. The number of piperidine rings is 1. The van der Waals surface area contributed by atoms with Crippen LogP contribution in [0.4, 0.5) is 0 Å². The lowest BCUT2D eigenvalue weighted by atomic mass is 10.0. The van der Waals surface area contributed by atoms with Crippen LogP contribution in [-0.4, -0.2) is 38.8 Å². The summed E-state index contributed by atoms with van der Waals surface area (Å²) in [6.45, 7) is 7.84. The number of pyridine rings is 1. The highest BCUT2D eigenvalue weighted by Gasteiger charge is 2.22. The average Bonchev–Trinajstić information content (AvgIpc) is 2.73. The number of amides is 1. The van der Waals surface area contributed by atoms with E-state index in [0.29, 0.717) is 0 Å². The Bertz CT molecular complexity index is 1010. The van der Waals surface area contributed by atoms with Gasteiger partial charge in [0.25, 0.3) is 5.91 Å². The fraction of sp³-hybridized carbons (Fsp3) is 0.391. The molecule has 0 radical (unpaired) electrons. The molecule has 5 heteroatoms. The number of hydrogen-bond acceptors (Lipinski definition) is 4. The average molecular weight is 374 g/mol. The van der Waals surface area contributed by atoms with Crippen LogP contribution in [0.15, 0.2) is 36.7 Å². The van der Waals surface area contributed by atoms with Gasteiger partial charge in [-0.1, -0.05) is 32.0 Å². The van der Waals surface area contributed by atoms with Crippen LogP contribution in [0.3, 0.4) is 0 Å². The Labute approximate surface area is 165 Å². The summed E-state index contributed by atoms with van der Waals surface area (Å²) in [5, 5.41) is 0.916. The second-order valence-electron chi connectivity index (χ2n) is 7.86. The number of carbonyl (C=O) groups excluding carboxylic acids is 1. The SMILES string of the molecule is Cc1cccc2c(C(=O)N3CCCCC3)cc(-c3cnc(C(C)C)nc3)nc12. The van der Waals surface area contributed by atoms with Crippen molar-refractivity contribution in [2.24, 2.45) is 0 Å². The van der Waals surface area contributed by atoms with E-state index in [4.69, 9.17) is 4.98 Å².